The fourth-order valence-corrected chi connectivity index (χ4v) is 1.72. The quantitative estimate of drug-likeness (QED) is 0.646. The van der Waals surface area contributed by atoms with E-state index < -0.39 is 5.82 Å². The number of anilines is 1. The lowest BCUT2D eigenvalue weighted by molar-refractivity contribution is -0.116. The van der Waals surface area contributed by atoms with Gasteiger partial charge in [0.25, 0.3) is 0 Å². The lowest BCUT2D eigenvalue weighted by Gasteiger charge is -2.08. The molecule has 0 aliphatic rings. The summed E-state index contributed by atoms with van der Waals surface area (Å²) in [5.41, 5.74) is 0.160. The lowest BCUT2D eigenvalue weighted by atomic mass is 10.2. The van der Waals surface area contributed by atoms with E-state index in [4.69, 9.17) is 4.74 Å². The zero-order chi connectivity index (χ0) is 12.7. The van der Waals surface area contributed by atoms with Gasteiger partial charge in [0.05, 0.1) is 12.8 Å². The molecule has 3 nitrogen and oxygen atoms in total. The van der Waals surface area contributed by atoms with Crippen LogP contribution in [0.25, 0.3) is 0 Å². The number of unbranched alkanes of at least 4 members (excludes halogenated alkanes) is 1. The summed E-state index contributed by atoms with van der Waals surface area (Å²) in [4.78, 5) is 11.5. The number of methoxy groups -OCH3 is 1. The van der Waals surface area contributed by atoms with Gasteiger partial charge in [0.2, 0.25) is 5.91 Å². The first-order valence-corrected chi connectivity index (χ1v) is 6.49. The lowest BCUT2D eigenvalue weighted by Crippen LogP contribution is -2.12. The van der Waals surface area contributed by atoms with E-state index in [1.807, 2.05) is 0 Å². The fourth-order valence-electron chi connectivity index (χ4n) is 1.32. The summed E-state index contributed by atoms with van der Waals surface area (Å²) < 4.78 is 18.3. The molecule has 1 amide bonds. The zero-order valence-electron chi connectivity index (χ0n) is 9.63. The molecule has 0 atom stereocenters. The first-order chi connectivity index (χ1) is 8.17. The Kier molecular flexibility index (Phi) is 5.97. The fraction of sp³-hybridized carbons (Fsp3) is 0.417. The van der Waals surface area contributed by atoms with E-state index in [2.05, 4.69) is 21.2 Å². The van der Waals surface area contributed by atoms with Gasteiger partial charge in [0, 0.05) is 17.8 Å². The van der Waals surface area contributed by atoms with Crippen LogP contribution in [-0.4, -0.2) is 18.3 Å². The highest BCUT2D eigenvalue weighted by Crippen LogP contribution is 2.21. The number of benzene rings is 1. The second-order valence-corrected chi connectivity index (χ2v) is 4.33. The molecule has 94 valence electrons. The molecule has 0 heterocycles. The van der Waals surface area contributed by atoms with Gasteiger partial charge in [-0.3, -0.25) is 4.79 Å². The standard InChI is InChI=1S/C12H15BrFNO2/c1-17-9-5-6-10(14)11(8-9)15-12(16)4-2-3-7-13/h5-6,8H,2-4,7H2,1H3,(H,15,16). The molecule has 0 saturated heterocycles. The van der Waals surface area contributed by atoms with Gasteiger partial charge in [-0.05, 0) is 25.0 Å². The van der Waals surface area contributed by atoms with E-state index in [1.54, 1.807) is 0 Å². The monoisotopic (exact) mass is 303 g/mol. The minimum atomic E-state index is -0.459. The molecule has 0 fully saturated rings. The number of halogens is 2. The Morgan fingerprint density at radius 2 is 2.24 bits per heavy atom. The smallest absolute Gasteiger partial charge is 0.224 e. The topological polar surface area (TPSA) is 38.3 Å². The number of nitrogens with one attached hydrogen (secondary N) is 1. The SMILES string of the molecule is COc1ccc(F)c(NC(=O)CCCCBr)c1. The van der Waals surface area contributed by atoms with Gasteiger partial charge in [0.15, 0.2) is 0 Å². The summed E-state index contributed by atoms with van der Waals surface area (Å²) in [6.07, 6.45) is 2.10. The molecule has 5 heteroatoms. The summed E-state index contributed by atoms with van der Waals surface area (Å²) >= 11 is 3.29. The second kappa shape index (κ2) is 7.27. The highest BCUT2D eigenvalue weighted by atomic mass is 79.9. The molecule has 1 aromatic rings. The number of hydrogen-bond acceptors (Lipinski definition) is 2. The number of rotatable bonds is 6. The Labute approximate surface area is 108 Å². The maximum atomic E-state index is 13.4. The van der Waals surface area contributed by atoms with Crippen LogP contribution in [0.1, 0.15) is 19.3 Å². The molecule has 0 unspecified atom stereocenters. The molecule has 1 N–H and O–H groups in total. The molecule has 0 aromatic heterocycles. The molecule has 0 bridgehead atoms. The van der Waals surface area contributed by atoms with Gasteiger partial charge in [0.1, 0.15) is 11.6 Å². The maximum Gasteiger partial charge on any atom is 0.224 e. The third-order valence-electron chi connectivity index (χ3n) is 2.24. The normalized spacial score (nSPS) is 10.1. The molecule has 0 aliphatic heterocycles. The average molecular weight is 304 g/mol. The van der Waals surface area contributed by atoms with Crippen molar-refractivity contribution in [3.05, 3.63) is 24.0 Å². The van der Waals surface area contributed by atoms with Crippen LogP contribution in [0.2, 0.25) is 0 Å². The molecule has 17 heavy (non-hydrogen) atoms. The number of alkyl halides is 1. The van der Waals surface area contributed by atoms with Crippen LogP contribution in [-0.2, 0) is 4.79 Å². The molecule has 1 rings (SSSR count). The van der Waals surface area contributed by atoms with Crippen molar-refractivity contribution in [2.45, 2.75) is 19.3 Å². The van der Waals surface area contributed by atoms with Crippen LogP contribution in [0.5, 0.6) is 5.75 Å². The zero-order valence-corrected chi connectivity index (χ0v) is 11.2. The predicted molar refractivity (Wildman–Crippen MR) is 69.2 cm³/mol. The third-order valence-corrected chi connectivity index (χ3v) is 2.80. The molecular weight excluding hydrogens is 289 g/mol. The van der Waals surface area contributed by atoms with E-state index >= 15 is 0 Å². The van der Waals surface area contributed by atoms with E-state index in [0.717, 1.165) is 18.2 Å². The molecule has 0 radical (unpaired) electrons. The Morgan fingerprint density at radius 3 is 2.88 bits per heavy atom. The van der Waals surface area contributed by atoms with E-state index in [1.165, 1.54) is 25.3 Å². The van der Waals surface area contributed by atoms with Gasteiger partial charge < -0.3 is 10.1 Å². The van der Waals surface area contributed by atoms with E-state index in [0.29, 0.717) is 12.2 Å². The highest BCUT2D eigenvalue weighted by Gasteiger charge is 2.07. The van der Waals surface area contributed by atoms with Crippen LogP contribution >= 0.6 is 15.9 Å². The van der Waals surface area contributed by atoms with Crippen molar-refractivity contribution in [3.63, 3.8) is 0 Å². The van der Waals surface area contributed by atoms with Crippen LogP contribution in [0, 0.1) is 5.82 Å². The summed E-state index contributed by atoms with van der Waals surface area (Å²) in [6, 6.07) is 4.25. The van der Waals surface area contributed by atoms with Crippen LogP contribution < -0.4 is 10.1 Å². The number of carbonyl (C=O) groups is 1. The van der Waals surface area contributed by atoms with Crippen LogP contribution in [0.3, 0.4) is 0 Å². The number of ether oxygens (including phenoxy) is 1. The van der Waals surface area contributed by atoms with Crippen LogP contribution in [0.15, 0.2) is 18.2 Å². The predicted octanol–water partition coefficient (Wildman–Crippen LogP) is 3.34. The summed E-state index contributed by atoms with van der Waals surface area (Å²) in [7, 11) is 1.49. The molecule has 0 spiro atoms. The van der Waals surface area contributed by atoms with E-state index in [-0.39, 0.29) is 11.6 Å². The van der Waals surface area contributed by atoms with Gasteiger partial charge in [-0.15, -0.1) is 0 Å². The minimum Gasteiger partial charge on any atom is -0.497 e. The van der Waals surface area contributed by atoms with E-state index in [9.17, 15) is 9.18 Å². The van der Waals surface area contributed by atoms with Crippen molar-refractivity contribution in [2.75, 3.05) is 17.8 Å². The molecular formula is C12H15BrFNO2. The van der Waals surface area contributed by atoms with Crippen molar-refractivity contribution >= 4 is 27.5 Å². The summed E-state index contributed by atoms with van der Waals surface area (Å²) in [5.74, 6) is -0.125. The number of amides is 1. The second-order valence-electron chi connectivity index (χ2n) is 3.54. The third kappa shape index (κ3) is 4.73. The van der Waals surface area contributed by atoms with Crippen molar-refractivity contribution < 1.29 is 13.9 Å². The first-order valence-electron chi connectivity index (χ1n) is 5.36. The Balaban J connectivity index is 2.57. The Morgan fingerprint density at radius 1 is 1.47 bits per heavy atom. The van der Waals surface area contributed by atoms with Gasteiger partial charge in [-0.25, -0.2) is 4.39 Å². The number of hydrogen-bond donors (Lipinski definition) is 1. The Hall–Kier alpha value is -1.10. The average Bonchev–Trinajstić information content (AvgIpc) is 2.32. The van der Waals surface area contributed by atoms with Gasteiger partial charge in [-0.1, -0.05) is 15.9 Å². The molecule has 1 aromatic carbocycles. The van der Waals surface area contributed by atoms with Crippen LogP contribution in [0.4, 0.5) is 10.1 Å². The first kappa shape index (κ1) is 14.0. The van der Waals surface area contributed by atoms with Crippen molar-refractivity contribution in [1.82, 2.24) is 0 Å². The number of carbonyl (C=O) groups excluding carboxylic acids is 1. The molecule has 0 saturated carbocycles. The maximum absolute atomic E-state index is 13.4. The largest absolute Gasteiger partial charge is 0.497 e. The Bertz CT molecular complexity index is 385. The highest BCUT2D eigenvalue weighted by molar-refractivity contribution is 9.09. The van der Waals surface area contributed by atoms with Crippen molar-refractivity contribution in [3.8, 4) is 5.75 Å². The van der Waals surface area contributed by atoms with Crippen molar-refractivity contribution in [2.24, 2.45) is 0 Å². The minimum absolute atomic E-state index is 0.160. The van der Waals surface area contributed by atoms with Gasteiger partial charge >= 0.3 is 0 Å². The van der Waals surface area contributed by atoms with Crippen molar-refractivity contribution in [1.29, 1.82) is 0 Å². The summed E-state index contributed by atoms with van der Waals surface area (Å²) in [5, 5.41) is 3.40. The summed E-state index contributed by atoms with van der Waals surface area (Å²) in [6.45, 7) is 0. The molecule has 0 aliphatic carbocycles. The van der Waals surface area contributed by atoms with Gasteiger partial charge in [-0.2, -0.15) is 0 Å².